The molecule has 0 spiro atoms. The maximum atomic E-state index is 12.8. The number of Topliss-reactive ketones (excluding diaryl/α,β-unsaturated/α-hetero) is 1. The summed E-state index contributed by atoms with van der Waals surface area (Å²) in [4.78, 5) is 44.8. The van der Waals surface area contributed by atoms with Gasteiger partial charge in [0.2, 0.25) is 0 Å². The van der Waals surface area contributed by atoms with Crippen molar-refractivity contribution in [2.75, 3.05) is 26.2 Å². The number of fused-ring (bicyclic) bond motifs is 6. The Hall–Kier alpha value is -3.34. The molecule has 2 aromatic carbocycles. The molecule has 0 aliphatic carbocycles. The average molecular weight is 729 g/mol. The van der Waals surface area contributed by atoms with Crippen molar-refractivity contribution in [3.8, 4) is 21.6 Å². The number of benzene rings is 2. The van der Waals surface area contributed by atoms with Crippen molar-refractivity contribution in [1.29, 1.82) is 0 Å². The molecular weight excluding hydrogens is 684 g/mol. The maximum Gasteiger partial charge on any atom is 0.261 e. The second kappa shape index (κ2) is 15.1. The van der Waals surface area contributed by atoms with Gasteiger partial charge in [0, 0.05) is 29.7 Å². The van der Waals surface area contributed by atoms with Gasteiger partial charge >= 0.3 is 0 Å². The Morgan fingerprint density at radius 3 is 1.82 bits per heavy atom. The molecule has 10 rings (SSSR count). The number of halogens is 1. The Morgan fingerprint density at radius 1 is 0.720 bits per heavy atom. The minimum absolute atomic E-state index is 0.00663. The lowest BCUT2D eigenvalue weighted by molar-refractivity contribution is 0.0218. The highest BCUT2D eigenvalue weighted by Crippen LogP contribution is 2.38. The van der Waals surface area contributed by atoms with Crippen molar-refractivity contribution in [1.82, 2.24) is 20.4 Å². The SMILES string of the molecule is CC(=O)c1ccccc1-c1csc(C(=O)N[C@@H]2C3CCN(CC3)[C@H]2C)c1.C[C@H]1[C@H](NC(=O)c2cc(Cl)c(-c3ccccc3)s2)C2CCN1CC2. The Balaban J connectivity index is 0.000000157. The molecule has 0 saturated carbocycles. The van der Waals surface area contributed by atoms with Gasteiger partial charge in [-0.25, -0.2) is 0 Å². The van der Waals surface area contributed by atoms with E-state index < -0.39 is 0 Å². The van der Waals surface area contributed by atoms with Gasteiger partial charge in [0.05, 0.1) is 19.7 Å². The van der Waals surface area contributed by atoms with E-state index in [9.17, 15) is 14.4 Å². The number of hydrogen-bond acceptors (Lipinski definition) is 7. The lowest BCUT2D eigenvalue weighted by Gasteiger charge is -2.49. The van der Waals surface area contributed by atoms with Crippen molar-refractivity contribution in [3.05, 3.63) is 92.5 Å². The first-order valence-corrected chi connectivity index (χ1v) is 19.9. The van der Waals surface area contributed by atoms with E-state index in [1.165, 1.54) is 61.4 Å². The zero-order valence-electron chi connectivity index (χ0n) is 28.9. The third kappa shape index (κ3) is 7.21. The highest BCUT2D eigenvalue weighted by atomic mass is 35.5. The quantitative estimate of drug-likeness (QED) is 0.188. The fraction of sp³-hybridized carbons (Fsp3) is 0.425. The van der Waals surface area contributed by atoms with Gasteiger partial charge in [-0.05, 0) is 119 Å². The van der Waals surface area contributed by atoms with Crippen LogP contribution < -0.4 is 10.6 Å². The molecule has 6 aliphatic heterocycles. The summed E-state index contributed by atoms with van der Waals surface area (Å²) in [6.45, 7) is 10.7. The van der Waals surface area contributed by atoms with Crippen LogP contribution in [0.25, 0.3) is 21.6 Å². The molecule has 2 aromatic heterocycles. The summed E-state index contributed by atoms with van der Waals surface area (Å²) in [7, 11) is 0. The van der Waals surface area contributed by atoms with E-state index in [1.807, 2.05) is 66.0 Å². The lowest BCUT2D eigenvalue weighted by atomic mass is 9.79. The van der Waals surface area contributed by atoms with E-state index in [0.717, 1.165) is 34.7 Å². The predicted molar refractivity (Wildman–Crippen MR) is 205 cm³/mol. The van der Waals surface area contributed by atoms with Crippen LogP contribution in [0.3, 0.4) is 0 Å². The molecule has 10 heteroatoms. The number of carbonyl (C=O) groups excluding carboxylic acids is 3. The van der Waals surface area contributed by atoms with E-state index in [-0.39, 0.29) is 29.7 Å². The van der Waals surface area contributed by atoms with Gasteiger partial charge in [0.1, 0.15) is 0 Å². The molecule has 2 amide bonds. The fourth-order valence-electron chi connectivity index (χ4n) is 8.44. The molecule has 2 N–H and O–H groups in total. The molecule has 0 unspecified atom stereocenters. The lowest BCUT2D eigenvalue weighted by Crippen LogP contribution is -2.62. The zero-order chi connectivity index (χ0) is 34.9. The first-order chi connectivity index (χ1) is 24.2. The molecule has 6 saturated heterocycles. The van der Waals surface area contributed by atoms with Gasteiger partial charge in [-0.15, -0.1) is 22.7 Å². The number of piperidine rings is 6. The molecule has 6 fully saturated rings. The normalized spacial score (nSPS) is 28.0. The number of nitrogens with zero attached hydrogens (tertiary/aromatic N) is 2. The number of rotatable bonds is 7. The number of ketones is 1. The number of amides is 2. The van der Waals surface area contributed by atoms with Crippen molar-refractivity contribution >= 4 is 51.9 Å². The average Bonchev–Trinajstić information content (AvgIpc) is 3.80. The van der Waals surface area contributed by atoms with Crippen LogP contribution in [0, 0.1) is 11.8 Å². The maximum absolute atomic E-state index is 12.8. The fourth-order valence-corrected chi connectivity index (χ4v) is 10.6. The standard InChI is InChI=1S/C21H24N2O2S.C19H21ClN2OS/c1-13-20(15-7-9-23(13)10-8-15)22-21(25)19-11-16(12-26-19)18-6-4-3-5-17(18)14(2)24;1-12-17(13-7-9-22(12)10-8-13)21-19(23)16-11-15(20)18(24-16)14-5-3-2-4-6-14/h3-6,11-13,15,20H,7-10H2,1-2H3,(H,22,25);2-6,11-13,17H,7-10H2,1H3,(H,21,23)/t13-,20-;12-,17-/m00/s1. The molecular formula is C40H45ClN4O3S2. The van der Waals surface area contributed by atoms with Crippen LogP contribution in [0.15, 0.2) is 72.1 Å². The Morgan fingerprint density at radius 2 is 1.26 bits per heavy atom. The third-order valence-electron chi connectivity index (χ3n) is 11.3. The third-order valence-corrected chi connectivity index (χ3v) is 13.9. The number of carbonyl (C=O) groups is 3. The van der Waals surface area contributed by atoms with Crippen LogP contribution in [-0.4, -0.2) is 77.7 Å². The minimum atomic E-state index is 0.00663. The summed E-state index contributed by atoms with van der Waals surface area (Å²) >= 11 is 9.30. The molecule has 262 valence electrons. The van der Waals surface area contributed by atoms with E-state index in [2.05, 4.69) is 34.3 Å². The summed E-state index contributed by atoms with van der Waals surface area (Å²) in [5.41, 5.74) is 3.59. The number of thiophene rings is 2. The van der Waals surface area contributed by atoms with E-state index in [4.69, 9.17) is 11.6 Å². The Labute approximate surface area is 308 Å². The summed E-state index contributed by atoms with van der Waals surface area (Å²) in [5, 5.41) is 9.18. The van der Waals surface area contributed by atoms with Crippen LogP contribution in [-0.2, 0) is 0 Å². The van der Waals surface area contributed by atoms with Crippen molar-refractivity contribution in [2.24, 2.45) is 11.8 Å². The first-order valence-electron chi connectivity index (χ1n) is 17.8. The topological polar surface area (TPSA) is 81.8 Å². The van der Waals surface area contributed by atoms with E-state index in [0.29, 0.717) is 44.3 Å². The first kappa shape index (κ1) is 35.1. The largest absolute Gasteiger partial charge is 0.347 e. The van der Waals surface area contributed by atoms with Crippen molar-refractivity contribution < 1.29 is 14.4 Å². The Kier molecular flexibility index (Phi) is 10.6. The second-order valence-corrected chi connectivity index (χ2v) is 16.6. The molecule has 50 heavy (non-hydrogen) atoms. The molecule has 6 aliphatic rings. The predicted octanol–water partition coefficient (Wildman–Crippen LogP) is 8.11. The minimum Gasteiger partial charge on any atom is -0.347 e. The van der Waals surface area contributed by atoms with Crippen LogP contribution in [0.5, 0.6) is 0 Å². The van der Waals surface area contributed by atoms with Gasteiger partial charge in [0.15, 0.2) is 5.78 Å². The molecule has 4 bridgehead atoms. The number of nitrogens with one attached hydrogen (secondary N) is 2. The summed E-state index contributed by atoms with van der Waals surface area (Å²) < 4.78 is 0. The van der Waals surface area contributed by atoms with Gasteiger partial charge in [-0.3, -0.25) is 24.2 Å². The van der Waals surface area contributed by atoms with Crippen LogP contribution >= 0.6 is 34.3 Å². The summed E-state index contributed by atoms with van der Waals surface area (Å²) in [6.07, 6.45) is 4.74. The van der Waals surface area contributed by atoms with E-state index in [1.54, 1.807) is 13.0 Å². The monoisotopic (exact) mass is 728 g/mol. The molecule has 4 atom stereocenters. The molecule has 4 aromatic rings. The van der Waals surface area contributed by atoms with Crippen LogP contribution in [0.4, 0.5) is 0 Å². The highest BCUT2D eigenvalue weighted by molar-refractivity contribution is 7.18. The van der Waals surface area contributed by atoms with Gasteiger partial charge in [0.25, 0.3) is 11.8 Å². The van der Waals surface area contributed by atoms with Crippen molar-refractivity contribution in [3.63, 3.8) is 0 Å². The Bertz CT molecular complexity index is 1840. The van der Waals surface area contributed by atoms with Gasteiger partial charge in [-0.1, -0.05) is 66.2 Å². The van der Waals surface area contributed by atoms with Crippen molar-refractivity contribution in [2.45, 2.75) is 70.6 Å². The smallest absolute Gasteiger partial charge is 0.261 e. The van der Waals surface area contributed by atoms with Crippen LogP contribution in [0.2, 0.25) is 5.02 Å². The van der Waals surface area contributed by atoms with Gasteiger partial charge in [-0.2, -0.15) is 0 Å². The summed E-state index contributed by atoms with van der Waals surface area (Å²) in [6, 6.07) is 22.6. The second-order valence-electron chi connectivity index (χ2n) is 14.2. The van der Waals surface area contributed by atoms with E-state index >= 15 is 0 Å². The highest BCUT2D eigenvalue weighted by Gasteiger charge is 2.41. The molecule has 0 radical (unpaired) electrons. The molecule has 8 heterocycles. The van der Waals surface area contributed by atoms with Gasteiger partial charge < -0.3 is 10.6 Å². The molecule has 7 nitrogen and oxygen atoms in total. The number of hydrogen-bond donors (Lipinski definition) is 2. The van der Waals surface area contributed by atoms with Crippen LogP contribution in [0.1, 0.15) is 76.2 Å². The summed E-state index contributed by atoms with van der Waals surface area (Å²) in [5.74, 6) is 1.26. The zero-order valence-corrected chi connectivity index (χ0v) is 31.3.